The monoisotopic (exact) mass is 261 g/mol. The molecule has 3 rings (SSSR count). The van der Waals surface area contributed by atoms with Crippen molar-refractivity contribution in [2.75, 3.05) is 18.4 Å². The lowest BCUT2D eigenvalue weighted by Crippen LogP contribution is -2.29. The van der Waals surface area contributed by atoms with E-state index in [0.29, 0.717) is 6.04 Å². The molecular formula is C14H16ClN3. The molecule has 0 bridgehead atoms. The Labute approximate surface area is 112 Å². The summed E-state index contributed by atoms with van der Waals surface area (Å²) in [6.45, 7) is 2.04. The van der Waals surface area contributed by atoms with Crippen LogP contribution < -0.4 is 10.6 Å². The third-order valence-corrected chi connectivity index (χ3v) is 3.64. The molecule has 3 nitrogen and oxygen atoms in total. The number of nitrogens with one attached hydrogen (secondary N) is 2. The van der Waals surface area contributed by atoms with E-state index in [1.807, 2.05) is 30.5 Å². The van der Waals surface area contributed by atoms with Crippen molar-refractivity contribution in [1.29, 1.82) is 0 Å². The van der Waals surface area contributed by atoms with E-state index in [-0.39, 0.29) is 0 Å². The van der Waals surface area contributed by atoms with Crippen LogP contribution in [0, 0.1) is 0 Å². The van der Waals surface area contributed by atoms with Gasteiger partial charge in [0.05, 0.1) is 0 Å². The summed E-state index contributed by atoms with van der Waals surface area (Å²) < 4.78 is 0. The van der Waals surface area contributed by atoms with Gasteiger partial charge in [0.2, 0.25) is 0 Å². The maximum Gasteiger partial charge on any atom is 0.133 e. The van der Waals surface area contributed by atoms with Gasteiger partial charge in [0.15, 0.2) is 0 Å². The van der Waals surface area contributed by atoms with Crippen LogP contribution in [0.2, 0.25) is 5.02 Å². The van der Waals surface area contributed by atoms with Gasteiger partial charge in [-0.3, -0.25) is 0 Å². The Morgan fingerprint density at radius 3 is 3.17 bits per heavy atom. The van der Waals surface area contributed by atoms with Gasteiger partial charge < -0.3 is 10.6 Å². The summed E-state index contributed by atoms with van der Waals surface area (Å²) in [7, 11) is 0. The van der Waals surface area contributed by atoms with Gasteiger partial charge in [-0.2, -0.15) is 0 Å². The van der Waals surface area contributed by atoms with Crippen LogP contribution in [-0.4, -0.2) is 24.1 Å². The zero-order valence-electron chi connectivity index (χ0n) is 10.1. The molecule has 0 saturated carbocycles. The molecule has 1 fully saturated rings. The van der Waals surface area contributed by atoms with Crippen LogP contribution >= 0.6 is 11.6 Å². The molecule has 0 radical (unpaired) electrons. The van der Waals surface area contributed by atoms with Gasteiger partial charge >= 0.3 is 0 Å². The number of rotatable bonds is 3. The number of hydrogen-bond acceptors (Lipinski definition) is 3. The minimum Gasteiger partial charge on any atom is -0.368 e. The molecule has 2 heterocycles. The average molecular weight is 262 g/mol. The Morgan fingerprint density at radius 2 is 2.33 bits per heavy atom. The predicted molar refractivity (Wildman–Crippen MR) is 76.3 cm³/mol. The molecule has 18 heavy (non-hydrogen) atoms. The Balaban J connectivity index is 1.84. The average Bonchev–Trinajstić information content (AvgIpc) is 2.89. The smallest absolute Gasteiger partial charge is 0.133 e. The molecule has 1 aliphatic heterocycles. The first kappa shape index (κ1) is 11.8. The highest BCUT2D eigenvalue weighted by Gasteiger charge is 2.14. The molecular weight excluding hydrogens is 246 g/mol. The highest BCUT2D eigenvalue weighted by molar-refractivity contribution is 6.31. The summed E-state index contributed by atoms with van der Waals surface area (Å²) in [4.78, 5) is 4.41. The lowest BCUT2D eigenvalue weighted by molar-refractivity contribution is 0.633. The van der Waals surface area contributed by atoms with Gasteiger partial charge in [-0.1, -0.05) is 17.7 Å². The number of hydrogen-bond donors (Lipinski definition) is 2. The molecule has 1 atom stereocenters. The van der Waals surface area contributed by atoms with Crippen molar-refractivity contribution in [3.8, 4) is 0 Å². The standard InChI is InChI=1S/C14H16ClN3/c15-11-4-3-10-5-7-17-14(13(10)8-11)18-9-12-2-1-6-16-12/h3-5,7-8,12,16H,1-2,6,9H2,(H,17,18). The number of anilines is 1. The normalized spacial score (nSPS) is 19.3. The largest absolute Gasteiger partial charge is 0.368 e. The highest BCUT2D eigenvalue weighted by Crippen LogP contribution is 2.24. The fraction of sp³-hybridized carbons (Fsp3) is 0.357. The lowest BCUT2D eigenvalue weighted by Gasteiger charge is -2.13. The quantitative estimate of drug-likeness (QED) is 0.892. The molecule has 2 N–H and O–H groups in total. The number of benzene rings is 1. The first-order valence-electron chi connectivity index (χ1n) is 6.34. The first-order valence-corrected chi connectivity index (χ1v) is 6.72. The third kappa shape index (κ3) is 2.42. The van der Waals surface area contributed by atoms with E-state index in [2.05, 4.69) is 15.6 Å². The number of fused-ring (bicyclic) bond motifs is 1. The molecule has 1 saturated heterocycles. The van der Waals surface area contributed by atoms with Crippen molar-refractivity contribution in [2.24, 2.45) is 0 Å². The number of halogens is 1. The van der Waals surface area contributed by atoms with E-state index in [1.165, 1.54) is 12.8 Å². The summed E-state index contributed by atoms with van der Waals surface area (Å²) in [5.74, 6) is 0.920. The predicted octanol–water partition coefficient (Wildman–Crippen LogP) is 3.05. The van der Waals surface area contributed by atoms with Gasteiger partial charge in [0, 0.05) is 29.2 Å². The number of pyridine rings is 1. The number of nitrogens with zero attached hydrogens (tertiary/aromatic N) is 1. The topological polar surface area (TPSA) is 37.0 Å². The minimum atomic E-state index is 0.557. The van der Waals surface area contributed by atoms with E-state index in [0.717, 1.165) is 34.7 Å². The fourth-order valence-corrected chi connectivity index (χ4v) is 2.60. The van der Waals surface area contributed by atoms with Gasteiger partial charge in [-0.15, -0.1) is 0 Å². The van der Waals surface area contributed by atoms with Crippen LogP contribution in [0.3, 0.4) is 0 Å². The van der Waals surface area contributed by atoms with E-state index >= 15 is 0 Å². The molecule has 4 heteroatoms. The molecule has 1 aromatic carbocycles. The second-order valence-corrected chi connectivity index (χ2v) is 5.14. The molecule has 0 amide bonds. The first-order chi connectivity index (χ1) is 8.83. The lowest BCUT2D eigenvalue weighted by atomic mass is 10.1. The van der Waals surface area contributed by atoms with Crippen molar-refractivity contribution in [3.05, 3.63) is 35.5 Å². The van der Waals surface area contributed by atoms with E-state index < -0.39 is 0 Å². The van der Waals surface area contributed by atoms with Crippen molar-refractivity contribution < 1.29 is 0 Å². The molecule has 1 aromatic heterocycles. The van der Waals surface area contributed by atoms with Crippen LogP contribution in [0.5, 0.6) is 0 Å². The van der Waals surface area contributed by atoms with Crippen molar-refractivity contribution >= 4 is 28.2 Å². The summed E-state index contributed by atoms with van der Waals surface area (Å²) in [5, 5.41) is 9.89. The second kappa shape index (κ2) is 5.12. The Hall–Kier alpha value is -1.32. The maximum absolute atomic E-state index is 6.05. The summed E-state index contributed by atoms with van der Waals surface area (Å²) >= 11 is 6.05. The molecule has 0 spiro atoms. The van der Waals surface area contributed by atoms with Crippen molar-refractivity contribution in [2.45, 2.75) is 18.9 Å². The van der Waals surface area contributed by atoms with Gasteiger partial charge in [0.1, 0.15) is 5.82 Å². The summed E-state index contributed by atoms with van der Waals surface area (Å²) in [5.41, 5.74) is 0. The molecule has 1 unspecified atom stereocenters. The van der Waals surface area contributed by atoms with Crippen LogP contribution in [0.15, 0.2) is 30.5 Å². The van der Waals surface area contributed by atoms with E-state index in [4.69, 9.17) is 11.6 Å². The Bertz CT molecular complexity index is 550. The third-order valence-electron chi connectivity index (χ3n) is 3.41. The van der Waals surface area contributed by atoms with E-state index in [1.54, 1.807) is 0 Å². The van der Waals surface area contributed by atoms with Crippen LogP contribution in [-0.2, 0) is 0 Å². The molecule has 94 valence electrons. The second-order valence-electron chi connectivity index (χ2n) is 4.70. The van der Waals surface area contributed by atoms with Gasteiger partial charge in [0.25, 0.3) is 0 Å². The molecule has 0 aliphatic carbocycles. The maximum atomic E-state index is 6.05. The SMILES string of the molecule is Clc1ccc2ccnc(NCC3CCCN3)c2c1. The Kier molecular flexibility index (Phi) is 3.35. The van der Waals surface area contributed by atoms with Crippen LogP contribution in [0.4, 0.5) is 5.82 Å². The van der Waals surface area contributed by atoms with Crippen LogP contribution in [0.25, 0.3) is 10.8 Å². The Morgan fingerprint density at radius 1 is 1.39 bits per heavy atom. The van der Waals surface area contributed by atoms with E-state index in [9.17, 15) is 0 Å². The number of aromatic nitrogens is 1. The van der Waals surface area contributed by atoms with Crippen LogP contribution in [0.1, 0.15) is 12.8 Å². The zero-order valence-corrected chi connectivity index (χ0v) is 10.9. The zero-order chi connectivity index (χ0) is 12.4. The minimum absolute atomic E-state index is 0.557. The summed E-state index contributed by atoms with van der Waals surface area (Å²) in [6, 6.07) is 8.46. The summed E-state index contributed by atoms with van der Waals surface area (Å²) in [6.07, 6.45) is 4.33. The molecule has 2 aromatic rings. The molecule has 1 aliphatic rings. The van der Waals surface area contributed by atoms with Gasteiger partial charge in [-0.25, -0.2) is 4.98 Å². The van der Waals surface area contributed by atoms with Gasteiger partial charge in [-0.05, 0) is 43.0 Å². The highest BCUT2D eigenvalue weighted by atomic mass is 35.5. The van der Waals surface area contributed by atoms with Crippen molar-refractivity contribution in [1.82, 2.24) is 10.3 Å². The van der Waals surface area contributed by atoms with Crippen molar-refractivity contribution in [3.63, 3.8) is 0 Å². The fourth-order valence-electron chi connectivity index (χ4n) is 2.43.